The van der Waals surface area contributed by atoms with Crippen molar-refractivity contribution >= 4 is 23.5 Å². The van der Waals surface area contributed by atoms with E-state index in [0.29, 0.717) is 23.7 Å². The van der Waals surface area contributed by atoms with Gasteiger partial charge in [0.05, 0.1) is 18.1 Å². The van der Waals surface area contributed by atoms with Gasteiger partial charge < -0.3 is 15.2 Å². The summed E-state index contributed by atoms with van der Waals surface area (Å²) < 4.78 is 1.96. The molecule has 1 aliphatic heterocycles. The highest BCUT2D eigenvalue weighted by atomic mass is 35.5. The van der Waals surface area contributed by atoms with Crippen LogP contribution in [-0.4, -0.2) is 36.9 Å². The summed E-state index contributed by atoms with van der Waals surface area (Å²) in [7, 11) is 0. The van der Waals surface area contributed by atoms with Crippen LogP contribution in [0.15, 0.2) is 73.4 Å². The number of benzene rings is 2. The molecular weight excluding hydrogens is 436 g/mol. The lowest BCUT2D eigenvalue weighted by Crippen LogP contribution is -2.32. The quantitative estimate of drug-likeness (QED) is 0.472. The maximum Gasteiger partial charge on any atom is 0.254 e. The summed E-state index contributed by atoms with van der Waals surface area (Å²) in [6.07, 6.45) is 8.81. The summed E-state index contributed by atoms with van der Waals surface area (Å²) in [6.45, 7) is 1.24. The number of imidazole rings is 1. The number of nitrogens with zero attached hydrogens (tertiary/aromatic N) is 5. The second-order valence-electron chi connectivity index (χ2n) is 8.08. The average Bonchev–Trinajstić information content (AvgIpc) is 3.52. The Labute approximate surface area is 196 Å². The third-order valence-corrected chi connectivity index (χ3v) is 6.23. The first-order valence-corrected chi connectivity index (χ1v) is 11.2. The monoisotopic (exact) mass is 458 g/mol. The van der Waals surface area contributed by atoms with Crippen LogP contribution >= 0.6 is 11.6 Å². The largest absolute Gasteiger partial charge is 0.368 e. The highest BCUT2D eigenvalue weighted by molar-refractivity contribution is 6.30. The van der Waals surface area contributed by atoms with Crippen LogP contribution in [0.3, 0.4) is 0 Å². The van der Waals surface area contributed by atoms with E-state index < -0.39 is 0 Å². The van der Waals surface area contributed by atoms with Crippen LogP contribution < -0.4 is 5.73 Å². The van der Waals surface area contributed by atoms with Gasteiger partial charge >= 0.3 is 0 Å². The number of aromatic nitrogens is 4. The minimum absolute atomic E-state index is 0.00699. The summed E-state index contributed by atoms with van der Waals surface area (Å²) in [5.74, 6) is 0.190. The van der Waals surface area contributed by atoms with Gasteiger partial charge in [-0.3, -0.25) is 4.79 Å². The molecule has 3 heterocycles. The number of carbonyl (C=O) groups excluding carboxylic acids is 1. The minimum atomic E-state index is -0.185. The standard InChI is InChI=1S/C25H23ClN6O/c26-19-9-7-17(8-10-19)21-14-29-25(27)30-23(21)22-6-3-12-32(22)24(33)20-5-2-1-4-18(20)15-31-13-11-28-16-31/h1-2,4-5,7-11,13-14,16,22H,3,6,12,15H2,(H2,27,29,30)/t22-/m1/s1. The van der Waals surface area contributed by atoms with Gasteiger partial charge in [0, 0.05) is 47.8 Å². The number of hydrogen-bond acceptors (Lipinski definition) is 5. The number of likely N-dealkylation sites (tertiary alicyclic amines) is 1. The summed E-state index contributed by atoms with van der Waals surface area (Å²) in [4.78, 5) is 28.6. The number of rotatable bonds is 5. The summed E-state index contributed by atoms with van der Waals surface area (Å²) in [5.41, 5.74) is 10.2. The van der Waals surface area contributed by atoms with Gasteiger partial charge in [-0.1, -0.05) is 41.9 Å². The molecular formula is C25H23ClN6O. The van der Waals surface area contributed by atoms with Crippen molar-refractivity contribution in [2.24, 2.45) is 0 Å². The molecule has 4 aromatic rings. The summed E-state index contributed by atoms with van der Waals surface area (Å²) in [5, 5.41) is 0.656. The summed E-state index contributed by atoms with van der Waals surface area (Å²) in [6, 6.07) is 15.1. The van der Waals surface area contributed by atoms with E-state index in [1.54, 1.807) is 18.7 Å². The van der Waals surface area contributed by atoms with Crippen LogP contribution in [0.2, 0.25) is 5.02 Å². The number of nitrogens with two attached hydrogens (primary N) is 1. The highest BCUT2D eigenvalue weighted by Gasteiger charge is 2.34. The Morgan fingerprint density at radius 2 is 1.97 bits per heavy atom. The average molecular weight is 459 g/mol. The molecule has 7 nitrogen and oxygen atoms in total. The molecule has 1 saturated heterocycles. The lowest BCUT2D eigenvalue weighted by atomic mass is 9.99. The van der Waals surface area contributed by atoms with Gasteiger partial charge in [0.1, 0.15) is 0 Å². The van der Waals surface area contributed by atoms with E-state index in [1.165, 1.54) is 0 Å². The van der Waals surface area contributed by atoms with Crippen molar-refractivity contribution in [3.05, 3.63) is 95.3 Å². The van der Waals surface area contributed by atoms with E-state index in [2.05, 4.69) is 15.0 Å². The molecule has 0 radical (unpaired) electrons. The van der Waals surface area contributed by atoms with E-state index in [0.717, 1.165) is 35.2 Å². The van der Waals surface area contributed by atoms with Gasteiger partial charge in [0.25, 0.3) is 5.91 Å². The number of hydrogen-bond donors (Lipinski definition) is 1. The maximum atomic E-state index is 13.8. The van der Waals surface area contributed by atoms with Crippen LogP contribution in [0.5, 0.6) is 0 Å². The van der Waals surface area contributed by atoms with Crippen LogP contribution in [0.4, 0.5) is 5.95 Å². The molecule has 0 aliphatic carbocycles. The molecule has 0 spiro atoms. The third-order valence-electron chi connectivity index (χ3n) is 5.98. The van der Waals surface area contributed by atoms with E-state index in [-0.39, 0.29) is 17.9 Å². The highest BCUT2D eigenvalue weighted by Crippen LogP contribution is 2.38. The first-order valence-electron chi connectivity index (χ1n) is 10.8. The molecule has 166 valence electrons. The lowest BCUT2D eigenvalue weighted by Gasteiger charge is -2.27. The Balaban J connectivity index is 1.50. The van der Waals surface area contributed by atoms with Crippen molar-refractivity contribution in [1.29, 1.82) is 0 Å². The van der Waals surface area contributed by atoms with E-state index in [4.69, 9.17) is 17.3 Å². The summed E-state index contributed by atoms with van der Waals surface area (Å²) >= 11 is 6.08. The van der Waals surface area contributed by atoms with Gasteiger partial charge in [-0.05, 0) is 42.2 Å². The molecule has 2 aromatic carbocycles. The zero-order chi connectivity index (χ0) is 22.8. The Hall–Kier alpha value is -3.71. The number of nitrogen functional groups attached to an aromatic ring is 1. The maximum absolute atomic E-state index is 13.8. The Morgan fingerprint density at radius 1 is 1.15 bits per heavy atom. The molecule has 0 saturated carbocycles. The molecule has 0 unspecified atom stereocenters. The zero-order valence-electron chi connectivity index (χ0n) is 17.9. The SMILES string of the molecule is Nc1ncc(-c2ccc(Cl)cc2)c([C@H]2CCCN2C(=O)c2ccccc2Cn2ccnc2)n1. The van der Waals surface area contributed by atoms with Crippen LogP contribution in [0.1, 0.15) is 40.5 Å². The van der Waals surface area contributed by atoms with Gasteiger partial charge in [0.2, 0.25) is 5.95 Å². The number of anilines is 1. The Morgan fingerprint density at radius 3 is 2.76 bits per heavy atom. The fraction of sp³-hybridized carbons (Fsp3) is 0.200. The number of halogens is 1. The molecule has 2 aromatic heterocycles. The number of amides is 1. The molecule has 5 rings (SSSR count). The van der Waals surface area contributed by atoms with E-state index in [1.807, 2.05) is 64.2 Å². The minimum Gasteiger partial charge on any atom is -0.368 e. The first-order chi connectivity index (χ1) is 16.1. The van der Waals surface area contributed by atoms with Crippen LogP contribution in [0, 0.1) is 0 Å². The second-order valence-corrected chi connectivity index (χ2v) is 8.52. The molecule has 33 heavy (non-hydrogen) atoms. The predicted octanol–water partition coefficient (Wildman–Crippen LogP) is 4.60. The molecule has 1 atom stereocenters. The molecule has 8 heteroatoms. The first kappa shape index (κ1) is 21.2. The van der Waals surface area contributed by atoms with Crippen molar-refractivity contribution in [1.82, 2.24) is 24.4 Å². The molecule has 1 aliphatic rings. The van der Waals surface area contributed by atoms with Crippen molar-refractivity contribution in [3.63, 3.8) is 0 Å². The normalized spacial score (nSPS) is 15.7. The van der Waals surface area contributed by atoms with Crippen molar-refractivity contribution in [2.45, 2.75) is 25.4 Å². The van der Waals surface area contributed by atoms with Crippen molar-refractivity contribution < 1.29 is 4.79 Å². The van der Waals surface area contributed by atoms with Gasteiger partial charge in [-0.15, -0.1) is 0 Å². The predicted molar refractivity (Wildman–Crippen MR) is 128 cm³/mol. The van der Waals surface area contributed by atoms with E-state index >= 15 is 0 Å². The Kier molecular flexibility index (Phi) is 5.79. The Bertz CT molecular complexity index is 1270. The molecule has 1 fully saturated rings. The van der Waals surface area contributed by atoms with Crippen LogP contribution in [-0.2, 0) is 6.54 Å². The molecule has 2 N–H and O–H groups in total. The topological polar surface area (TPSA) is 89.9 Å². The van der Waals surface area contributed by atoms with Crippen LogP contribution in [0.25, 0.3) is 11.1 Å². The van der Waals surface area contributed by atoms with Crippen molar-refractivity contribution in [2.75, 3.05) is 12.3 Å². The van der Waals surface area contributed by atoms with Crippen molar-refractivity contribution in [3.8, 4) is 11.1 Å². The zero-order valence-corrected chi connectivity index (χ0v) is 18.7. The molecule has 1 amide bonds. The second kappa shape index (κ2) is 9.03. The number of carbonyl (C=O) groups is 1. The van der Waals surface area contributed by atoms with E-state index in [9.17, 15) is 4.79 Å². The molecule has 0 bridgehead atoms. The van der Waals surface area contributed by atoms with Gasteiger partial charge in [-0.2, -0.15) is 0 Å². The fourth-order valence-electron chi connectivity index (χ4n) is 4.41. The fourth-order valence-corrected chi connectivity index (χ4v) is 4.53. The smallest absolute Gasteiger partial charge is 0.254 e. The third kappa shape index (κ3) is 4.32. The van der Waals surface area contributed by atoms with Gasteiger partial charge in [0.15, 0.2) is 0 Å². The van der Waals surface area contributed by atoms with Gasteiger partial charge in [-0.25, -0.2) is 15.0 Å². The lowest BCUT2D eigenvalue weighted by molar-refractivity contribution is 0.0732.